The summed E-state index contributed by atoms with van der Waals surface area (Å²) >= 11 is 0. The third-order valence-corrected chi connectivity index (χ3v) is 4.92. The van der Waals surface area contributed by atoms with E-state index in [0.29, 0.717) is 12.8 Å². The number of carboxylic acid groups (broad SMARTS) is 1. The number of carboxylic acids is 1. The van der Waals surface area contributed by atoms with Crippen molar-refractivity contribution in [2.24, 2.45) is 5.92 Å². The van der Waals surface area contributed by atoms with Gasteiger partial charge in [0.15, 0.2) is 9.84 Å². The molecular weight excluding hydrogens is 258 g/mol. The van der Waals surface area contributed by atoms with Crippen molar-refractivity contribution in [1.29, 1.82) is 0 Å². The van der Waals surface area contributed by atoms with Gasteiger partial charge in [0.2, 0.25) is 5.91 Å². The SMILES string of the molecule is CCC(CC(=O)O)NC(=O)CC1CCS(=O)(=O)C1. The van der Waals surface area contributed by atoms with Crippen molar-refractivity contribution in [2.75, 3.05) is 11.5 Å². The molecule has 2 unspecified atom stereocenters. The predicted molar refractivity (Wildman–Crippen MR) is 65.9 cm³/mol. The van der Waals surface area contributed by atoms with Crippen molar-refractivity contribution in [1.82, 2.24) is 5.32 Å². The molecule has 0 radical (unpaired) electrons. The normalized spacial score (nSPS) is 23.5. The largest absolute Gasteiger partial charge is 0.481 e. The summed E-state index contributed by atoms with van der Waals surface area (Å²) in [4.78, 5) is 22.2. The maximum atomic E-state index is 11.7. The van der Waals surface area contributed by atoms with E-state index >= 15 is 0 Å². The van der Waals surface area contributed by atoms with E-state index in [-0.39, 0.29) is 42.2 Å². The Labute approximate surface area is 107 Å². The molecule has 0 aromatic carbocycles. The van der Waals surface area contributed by atoms with Crippen LogP contribution in [0.5, 0.6) is 0 Å². The van der Waals surface area contributed by atoms with Crippen LogP contribution < -0.4 is 5.32 Å². The molecule has 1 amide bonds. The highest BCUT2D eigenvalue weighted by Crippen LogP contribution is 2.21. The Hall–Kier alpha value is -1.11. The molecule has 0 bridgehead atoms. The smallest absolute Gasteiger partial charge is 0.305 e. The standard InChI is InChI=1S/C11H19NO5S/c1-2-9(6-11(14)15)12-10(13)5-8-3-4-18(16,17)7-8/h8-9H,2-7H2,1H3,(H,12,13)(H,14,15). The lowest BCUT2D eigenvalue weighted by atomic mass is 10.0. The maximum Gasteiger partial charge on any atom is 0.305 e. The van der Waals surface area contributed by atoms with Gasteiger partial charge in [0, 0.05) is 12.5 Å². The Bertz CT molecular complexity index is 417. The van der Waals surface area contributed by atoms with Crippen molar-refractivity contribution in [2.45, 2.75) is 38.6 Å². The fraction of sp³-hybridized carbons (Fsp3) is 0.818. The van der Waals surface area contributed by atoms with Crippen LogP contribution in [0.1, 0.15) is 32.6 Å². The quantitative estimate of drug-likeness (QED) is 0.721. The molecule has 6 nitrogen and oxygen atoms in total. The van der Waals surface area contributed by atoms with Gasteiger partial charge in [-0.3, -0.25) is 9.59 Å². The number of hydrogen-bond acceptors (Lipinski definition) is 4. The molecule has 0 saturated carbocycles. The van der Waals surface area contributed by atoms with Crippen molar-refractivity contribution < 1.29 is 23.1 Å². The van der Waals surface area contributed by atoms with Crippen LogP contribution in [0.15, 0.2) is 0 Å². The third kappa shape index (κ3) is 5.03. The lowest BCUT2D eigenvalue weighted by Crippen LogP contribution is -2.37. The van der Waals surface area contributed by atoms with Gasteiger partial charge in [0.1, 0.15) is 0 Å². The Morgan fingerprint density at radius 1 is 1.44 bits per heavy atom. The summed E-state index contributed by atoms with van der Waals surface area (Å²) in [6.45, 7) is 1.80. The van der Waals surface area contributed by atoms with Crippen LogP contribution in [0.2, 0.25) is 0 Å². The van der Waals surface area contributed by atoms with E-state index < -0.39 is 15.8 Å². The summed E-state index contributed by atoms with van der Waals surface area (Å²) < 4.78 is 22.5. The minimum Gasteiger partial charge on any atom is -0.481 e. The van der Waals surface area contributed by atoms with Gasteiger partial charge < -0.3 is 10.4 Å². The molecule has 0 spiro atoms. The Kier molecular flexibility index (Phi) is 5.13. The first kappa shape index (κ1) is 14.9. The van der Waals surface area contributed by atoms with E-state index in [1.54, 1.807) is 6.92 Å². The van der Waals surface area contributed by atoms with Crippen LogP contribution in [0.25, 0.3) is 0 Å². The molecule has 1 fully saturated rings. The van der Waals surface area contributed by atoms with Crippen molar-refractivity contribution in [3.8, 4) is 0 Å². The number of rotatable bonds is 6. The van der Waals surface area contributed by atoms with Crippen LogP contribution in [-0.4, -0.2) is 42.9 Å². The molecule has 1 aliphatic heterocycles. The van der Waals surface area contributed by atoms with Gasteiger partial charge in [-0.25, -0.2) is 8.42 Å². The molecule has 0 aliphatic carbocycles. The van der Waals surface area contributed by atoms with Gasteiger partial charge in [0.05, 0.1) is 17.9 Å². The van der Waals surface area contributed by atoms with Gasteiger partial charge in [-0.15, -0.1) is 0 Å². The van der Waals surface area contributed by atoms with Crippen molar-refractivity contribution in [3.05, 3.63) is 0 Å². The van der Waals surface area contributed by atoms with E-state index in [9.17, 15) is 18.0 Å². The van der Waals surface area contributed by atoms with Crippen LogP contribution in [0, 0.1) is 5.92 Å². The van der Waals surface area contributed by atoms with E-state index in [4.69, 9.17) is 5.11 Å². The Balaban J connectivity index is 2.39. The summed E-state index contributed by atoms with van der Waals surface area (Å²) in [5.41, 5.74) is 0. The lowest BCUT2D eigenvalue weighted by Gasteiger charge is -2.16. The molecule has 0 aromatic rings. The molecule has 104 valence electrons. The molecule has 2 atom stereocenters. The molecule has 0 aromatic heterocycles. The van der Waals surface area contributed by atoms with Gasteiger partial charge >= 0.3 is 5.97 Å². The Morgan fingerprint density at radius 2 is 2.11 bits per heavy atom. The number of sulfone groups is 1. The zero-order valence-electron chi connectivity index (χ0n) is 10.4. The lowest BCUT2D eigenvalue weighted by molar-refractivity contribution is -0.137. The second-order valence-electron chi connectivity index (χ2n) is 4.74. The van der Waals surface area contributed by atoms with Crippen LogP contribution in [0.4, 0.5) is 0 Å². The average molecular weight is 277 g/mol. The molecular formula is C11H19NO5S. The van der Waals surface area contributed by atoms with Crippen LogP contribution >= 0.6 is 0 Å². The van der Waals surface area contributed by atoms with Crippen molar-refractivity contribution in [3.63, 3.8) is 0 Å². The van der Waals surface area contributed by atoms with Crippen LogP contribution in [0.3, 0.4) is 0 Å². The van der Waals surface area contributed by atoms with E-state index in [1.165, 1.54) is 0 Å². The monoisotopic (exact) mass is 277 g/mol. The molecule has 18 heavy (non-hydrogen) atoms. The summed E-state index contributed by atoms with van der Waals surface area (Å²) in [6.07, 6.45) is 1.12. The topological polar surface area (TPSA) is 101 Å². The fourth-order valence-electron chi connectivity index (χ4n) is 2.09. The van der Waals surface area contributed by atoms with Gasteiger partial charge in [-0.1, -0.05) is 6.92 Å². The molecule has 1 heterocycles. The van der Waals surface area contributed by atoms with Crippen molar-refractivity contribution >= 4 is 21.7 Å². The highest BCUT2D eigenvalue weighted by Gasteiger charge is 2.29. The molecule has 1 saturated heterocycles. The second-order valence-corrected chi connectivity index (χ2v) is 6.97. The highest BCUT2D eigenvalue weighted by atomic mass is 32.2. The molecule has 1 aliphatic rings. The number of hydrogen-bond donors (Lipinski definition) is 2. The summed E-state index contributed by atoms with van der Waals surface area (Å²) in [7, 11) is -2.97. The molecule has 7 heteroatoms. The predicted octanol–water partition coefficient (Wildman–Crippen LogP) is 0.181. The number of carbonyl (C=O) groups is 2. The number of amides is 1. The second kappa shape index (κ2) is 6.17. The average Bonchev–Trinajstić information content (AvgIpc) is 2.56. The van der Waals surface area contributed by atoms with E-state index in [1.807, 2.05) is 0 Å². The summed E-state index contributed by atoms with van der Waals surface area (Å²) in [6, 6.07) is -0.381. The summed E-state index contributed by atoms with van der Waals surface area (Å²) in [5, 5.41) is 11.3. The number of aliphatic carboxylic acids is 1. The van der Waals surface area contributed by atoms with Gasteiger partial charge in [-0.05, 0) is 18.8 Å². The molecule has 1 rings (SSSR count). The maximum absolute atomic E-state index is 11.7. The first-order chi connectivity index (χ1) is 8.32. The Morgan fingerprint density at radius 3 is 2.56 bits per heavy atom. The first-order valence-electron chi connectivity index (χ1n) is 6.04. The molecule has 2 N–H and O–H groups in total. The highest BCUT2D eigenvalue weighted by molar-refractivity contribution is 7.91. The number of nitrogens with one attached hydrogen (secondary N) is 1. The minimum absolute atomic E-state index is 0.0656. The summed E-state index contributed by atoms with van der Waals surface area (Å²) in [5.74, 6) is -1.12. The zero-order chi connectivity index (χ0) is 13.8. The van der Waals surface area contributed by atoms with E-state index in [2.05, 4.69) is 5.32 Å². The zero-order valence-corrected chi connectivity index (χ0v) is 11.2. The van der Waals surface area contributed by atoms with E-state index in [0.717, 1.165) is 0 Å². The van der Waals surface area contributed by atoms with Gasteiger partial charge in [0.25, 0.3) is 0 Å². The number of carbonyl (C=O) groups excluding carboxylic acids is 1. The van der Waals surface area contributed by atoms with Crippen LogP contribution in [-0.2, 0) is 19.4 Å². The minimum atomic E-state index is -2.97. The first-order valence-corrected chi connectivity index (χ1v) is 7.86. The van der Waals surface area contributed by atoms with Gasteiger partial charge in [-0.2, -0.15) is 0 Å². The third-order valence-electron chi connectivity index (χ3n) is 3.08. The fourth-order valence-corrected chi connectivity index (χ4v) is 3.95.